The molecule has 1 heterocycles. The second-order valence-corrected chi connectivity index (χ2v) is 5.88. The summed E-state index contributed by atoms with van der Waals surface area (Å²) in [5.41, 5.74) is 1.81. The third-order valence-electron chi connectivity index (χ3n) is 3.91. The normalized spacial score (nSPS) is 10.3. The molecule has 1 amide bonds. The standard InChI is InChI=1S/C20H25N3O4/c1-4-22-14(2)16-11-18(19(25)21-3)20(26)23(13-16)12-15-6-5-7-17(10-15)27-9-8-24/h5-7,10-11,13,22,24H,2,4,8-9,12H2,1,3H3,(H,21,25). The molecule has 0 aliphatic rings. The molecule has 0 aliphatic carbocycles. The van der Waals surface area contributed by atoms with E-state index in [1.165, 1.54) is 11.6 Å². The molecule has 2 aromatic rings. The molecule has 0 spiro atoms. The summed E-state index contributed by atoms with van der Waals surface area (Å²) in [4.78, 5) is 24.9. The molecular weight excluding hydrogens is 346 g/mol. The first-order valence-electron chi connectivity index (χ1n) is 8.72. The SMILES string of the molecule is C=C(NCC)c1cc(C(=O)NC)c(=O)n(Cc2cccc(OCCO)c2)c1. The molecule has 3 N–H and O–H groups in total. The van der Waals surface area contributed by atoms with E-state index in [1.807, 2.05) is 19.1 Å². The number of aromatic nitrogens is 1. The van der Waals surface area contributed by atoms with Gasteiger partial charge in [0.1, 0.15) is 17.9 Å². The minimum atomic E-state index is -0.445. The average Bonchev–Trinajstić information content (AvgIpc) is 2.67. The zero-order chi connectivity index (χ0) is 19.8. The molecule has 2 rings (SSSR count). The molecule has 1 aromatic carbocycles. The summed E-state index contributed by atoms with van der Waals surface area (Å²) in [5.74, 6) is 0.161. The van der Waals surface area contributed by atoms with Crippen molar-refractivity contribution in [3.8, 4) is 5.75 Å². The van der Waals surface area contributed by atoms with Crippen molar-refractivity contribution in [1.29, 1.82) is 0 Å². The van der Waals surface area contributed by atoms with Crippen LogP contribution < -0.4 is 20.9 Å². The van der Waals surface area contributed by atoms with Crippen molar-refractivity contribution in [2.75, 3.05) is 26.8 Å². The van der Waals surface area contributed by atoms with Gasteiger partial charge < -0.3 is 25.0 Å². The molecule has 1 aromatic heterocycles. The molecule has 0 radical (unpaired) electrons. The fourth-order valence-corrected chi connectivity index (χ4v) is 2.62. The Labute approximate surface area is 158 Å². The number of rotatable bonds is 9. The van der Waals surface area contributed by atoms with Crippen LogP contribution in [0.1, 0.15) is 28.4 Å². The van der Waals surface area contributed by atoms with Gasteiger partial charge in [-0.15, -0.1) is 0 Å². The van der Waals surface area contributed by atoms with E-state index in [1.54, 1.807) is 24.4 Å². The molecule has 27 heavy (non-hydrogen) atoms. The predicted octanol–water partition coefficient (Wildman–Crippen LogP) is 1.21. The Bertz CT molecular complexity index is 874. The van der Waals surface area contributed by atoms with Gasteiger partial charge in [-0.2, -0.15) is 0 Å². The van der Waals surface area contributed by atoms with Gasteiger partial charge in [0, 0.05) is 31.0 Å². The van der Waals surface area contributed by atoms with Crippen molar-refractivity contribution in [1.82, 2.24) is 15.2 Å². The number of aliphatic hydroxyl groups excluding tert-OH is 1. The van der Waals surface area contributed by atoms with Crippen molar-refractivity contribution in [2.24, 2.45) is 0 Å². The lowest BCUT2D eigenvalue weighted by molar-refractivity contribution is 0.0961. The van der Waals surface area contributed by atoms with Gasteiger partial charge >= 0.3 is 0 Å². The van der Waals surface area contributed by atoms with Crippen molar-refractivity contribution >= 4 is 11.6 Å². The van der Waals surface area contributed by atoms with Gasteiger partial charge in [-0.05, 0) is 30.7 Å². The van der Waals surface area contributed by atoms with Gasteiger partial charge in [0.05, 0.1) is 13.2 Å². The summed E-state index contributed by atoms with van der Waals surface area (Å²) in [6, 6.07) is 8.80. The van der Waals surface area contributed by atoms with E-state index in [0.29, 0.717) is 23.6 Å². The number of carbonyl (C=O) groups excluding carboxylic acids is 1. The summed E-state index contributed by atoms with van der Waals surface area (Å²) in [7, 11) is 1.49. The van der Waals surface area contributed by atoms with Crippen LogP contribution in [-0.2, 0) is 6.54 Å². The number of pyridine rings is 1. The molecule has 0 saturated heterocycles. The number of carbonyl (C=O) groups is 1. The Morgan fingerprint density at radius 3 is 2.78 bits per heavy atom. The number of aliphatic hydroxyl groups is 1. The number of amides is 1. The Morgan fingerprint density at radius 1 is 1.33 bits per heavy atom. The van der Waals surface area contributed by atoms with E-state index >= 15 is 0 Å². The van der Waals surface area contributed by atoms with E-state index in [4.69, 9.17) is 9.84 Å². The lowest BCUT2D eigenvalue weighted by atomic mass is 10.1. The van der Waals surface area contributed by atoms with Gasteiger partial charge in [-0.1, -0.05) is 18.7 Å². The third kappa shape index (κ3) is 5.21. The van der Waals surface area contributed by atoms with Crippen LogP contribution in [-0.4, -0.2) is 42.4 Å². The summed E-state index contributed by atoms with van der Waals surface area (Å²) in [5, 5.41) is 14.5. The van der Waals surface area contributed by atoms with Crippen LogP contribution in [0.5, 0.6) is 5.75 Å². The maximum atomic E-state index is 12.8. The lowest BCUT2D eigenvalue weighted by Crippen LogP contribution is -2.32. The second kappa shape index (κ2) is 9.59. The van der Waals surface area contributed by atoms with E-state index in [9.17, 15) is 9.59 Å². The molecule has 0 aliphatic heterocycles. The monoisotopic (exact) mass is 371 g/mol. The molecule has 0 atom stereocenters. The first kappa shape index (κ1) is 20.3. The summed E-state index contributed by atoms with van der Waals surface area (Å²) < 4.78 is 6.89. The second-order valence-electron chi connectivity index (χ2n) is 5.88. The van der Waals surface area contributed by atoms with Gasteiger partial charge in [0.2, 0.25) is 0 Å². The Balaban J connectivity index is 2.43. The fraction of sp³-hybridized carbons (Fsp3) is 0.300. The quantitative estimate of drug-likeness (QED) is 0.616. The molecule has 0 saturated carbocycles. The molecule has 144 valence electrons. The highest BCUT2D eigenvalue weighted by atomic mass is 16.5. The first-order chi connectivity index (χ1) is 13.0. The summed E-state index contributed by atoms with van der Waals surface area (Å²) >= 11 is 0. The molecule has 0 bridgehead atoms. The minimum Gasteiger partial charge on any atom is -0.491 e. The van der Waals surface area contributed by atoms with Crippen molar-refractivity contribution in [2.45, 2.75) is 13.5 Å². The van der Waals surface area contributed by atoms with Crippen LogP contribution in [0.3, 0.4) is 0 Å². The van der Waals surface area contributed by atoms with E-state index in [0.717, 1.165) is 5.56 Å². The predicted molar refractivity (Wildman–Crippen MR) is 105 cm³/mol. The highest BCUT2D eigenvalue weighted by molar-refractivity contribution is 5.94. The van der Waals surface area contributed by atoms with Crippen LogP contribution in [0.4, 0.5) is 0 Å². The van der Waals surface area contributed by atoms with Crippen molar-refractivity contribution < 1.29 is 14.6 Å². The van der Waals surface area contributed by atoms with Crippen LogP contribution in [0.2, 0.25) is 0 Å². The van der Waals surface area contributed by atoms with Gasteiger partial charge in [-0.25, -0.2) is 0 Å². The van der Waals surface area contributed by atoms with Gasteiger partial charge in [0.25, 0.3) is 11.5 Å². The first-order valence-corrected chi connectivity index (χ1v) is 8.72. The molecule has 0 fully saturated rings. The Kier molecular flexibility index (Phi) is 7.19. The maximum Gasteiger partial charge on any atom is 0.263 e. The number of hydrogen-bond acceptors (Lipinski definition) is 5. The number of nitrogens with one attached hydrogen (secondary N) is 2. The molecule has 0 unspecified atom stereocenters. The molecule has 7 nitrogen and oxygen atoms in total. The summed E-state index contributed by atoms with van der Waals surface area (Å²) in [6.07, 6.45) is 1.68. The maximum absolute atomic E-state index is 12.8. The van der Waals surface area contributed by atoms with E-state index in [2.05, 4.69) is 17.2 Å². The summed E-state index contributed by atoms with van der Waals surface area (Å²) in [6.45, 7) is 6.98. The van der Waals surface area contributed by atoms with Crippen LogP contribution in [0.25, 0.3) is 5.70 Å². The van der Waals surface area contributed by atoms with Crippen LogP contribution in [0, 0.1) is 0 Å². The third-order valence-corrected chi connectivity index (χ3v) is 3.91. The molecule has 7 heteroatoms. The Morgan fingerprint density at radius 2 is 2.11 bits per heavy atom. The highest BCUT2D eigenvalue weighted by Crippen LogP contribution is 2.15. The minimum absolute atomic E-state index is 0.0572. The zero-order valence-corrected chi connectivity index (χ0v) is 15.6. The largest absolute Gasteiger partial charge is 0.491 e. The number of ether oxygens (including phenoxy) is 1. The number of benzene rings is 1. The molecular formula is C20H25N3O4. The number of hydrogen-bond donors (Lipinski definition) is 3. The van der Waals surface area contributed by atoms with E-state index < -0.39 is 5.91 Å². The average molecular weight is 371 g/mol. The smallest absolute Gasteiger partial charge is 0.263 e. The van der Waals surface area contributed by atoms with Gasteiger partial charge in [-0.3, -0.25) is 9.59 Å². The van der Waals surface area contributed by atoms with Crippen LogP contribution in [0.15, 0.2) is 47.9 Å². The Hall–Kier alpha value is -3.06. The lowest BCUT2D eigenvalue weighted by Gasteiger charge is -2.14. The van der Waals surface area contributed by atoms with Crippen LogP contribution >= 0.6 is 0 Å². The number of nitrogens with zero attached hydrogens (tertiary/aromatic N) is 1. The van der Waals surface area contributed by atoms with E-state index in [-0.39, 0.29) is 30.9 Å². The van der Waals surface area contributed by atoms with Crippen molar-refractivity contribution in [3.63, 3.8) is 0 Å². The highest BCUT2D eigenvalue weighted by Gasteiger charge is 2.15. The zero-order valence-electron chi connectivity index (χ0n) is 15.6. The topological polar surface area (TPSA) is 92.6 Å². The van der Waals surface area contributed by atoms with Crippen molar-refractivity contribution in [3.05, 3.63) is 70.2 Å². The van der Waals surface area contributed by atoms with Gasteiger partial charge in [0.15, 0.2) is 0 Å². The fourth-order valence-electron chi connectivity index (χ4n) is 2.62.